The second-order valence-corrected chi connectivity index (χ2v) is 7.15. The van der Waals surface area contributed by atoms with E-state index in [1.54, 1.807) is 18.2 Å². The maximum Gasteiger partial charge on any atom is 0.433 e. The van der Waals surface area contributed by atoms with Gasteiger partial charge in [-0.25, -0.2) is 9.37 Å². The second-order valence-electron chi connectivity index (χ2n) is 6.14. The summed E-state index contributed by atoms with van der Waals surface area (Å²) in [6.45, 7) is 0. The molecule has 1 amide bonds. The zero-order valence-electron chi connectivity index (χ0n) is 15.9. The lowest BCUT2D eigenvalue weighted by Crippen LogP contribution is -2.25. The average molecular weight is 440 g/mol. The van der Waals surface area contributed by atoms with E-state index in [0.717, 1.165) is 15.8 Å². The smallest absolute Gasteiger partial charge is 0.433 e. The summed E-state index contributed by atoms with van der Waals surface area (Å²) in [4.78, 5) is 27.6. The summed E-state index contributed by atoms with van der Waals surface area (Å²) in [5.74, 6) is -1.39. The number of hydrogen-bond donors (Lipinski definition) is 0. The summed E-state index contributed by atoms with van der Waals surface area (Å²) in [7, 11) is 1.54. The molecule has 2 heterocycles. The number of benzene rings is 2. The first-order valence-electron chi connectivity index (χ1n) is 8.77. The van der Waals surface area contributed by atoms with Crippen LogP contribution in [-0.2, 0) is 0 Å². The Labute approximate surface area is 178 Å². The Kier molecular flexibility index (Phi) is 5.41. The molecule has 31 heavy (non-hydrogen) atoms. The van der Waals surface area contributed by atoms with E-state index in [1.165, 1.54) is 55.0 Å². The van der Waals surface area contributed by atoms with Crippen molar-refractivity contribution in [2.75, 3.05) is 12.1 Å². The van der Waals surface area contributed by atoms with Gasteiger partial charge < -0.3 is 9.15 Å². The lowest BCUT2D eigenvalue weighted by Gasteiger charge is -2.11. The number of hydrogen-bond acceptors (Lipinski definition) is 8. The van der Waals surface area contributed by atoms with Crippen molar-refractivity contribution in [3.63, 3.8) is 0 Å². The van der Waals surface area contributed by atoms with E-state index >= 15 is 0 Å². The maximum absolute atomic E-state index is 13.2. The van der Waals surface area contributed by atoms with Gasteiger partial charge in [-0.1, -0.05) is 23.5 Å². The topological polar surface area (TPSA) is 111 Å². The Hall–Kier alpha value is -4.12. The average Bonchev–Trinajstić information content (AvgIpc) is 3.42. The van der Waals surface area contributed by atoms with E-state index in [1.807, 2.05) is 0 Å². The molecule has 0 N–H and O–H groups in total. The molecule has 0 atom stereocenters. The number of nitrogens with zero attached hydrogens (tertiary/aromatic N) is 4. The molecule has 0 saturated carbocycles. The van der Waals surface area contributed by atoms with Gasteiger partial charge in [-0.15, -0.1) is 0 Å². The number of nitro groups is 1. The maximum atomic E-state index is 13.2. The number of aromatic nitrogens is 1. The van der Waals surface area contributed by atoms with Crippen LogP contribution in [0.1, 0.15) is 16.1 Å². The third kappa shape index (κ3) is 4.26. The summed E-state index contributed by atoms with van der Waals surface area (Å²) in [6, 6.07) is 13.0. The highest BCUT2D eigenvalue weighted by Crippen LogP contribution is 2.32. The molecule has 4 aromatic rings. The van der Waals surface area contributed by atoms with E-state index in [4.69, 9.17) is 9.15 Å². The normalized spacial score (nSPS) is 11.2. The number of rotatable bonds is 6. The fourth-order valence-electron chi connectivity index (χ4n) is 2.62. The minimum Gasteiger partial charge on any atom is -0.497 e. The number of ether oxygens (including phenoxy) is 1. The zero-order chi connectivity index (χ0) is 22.0. The molecule has 2 aromatic carbocycles. The molecule has 0 bridgehead atoms. The predicted molar refractivity (Wildman–Crippen MR) is 112 cm³/mol. The van der Waals surface area contributed by atoms with Crippen molar-refractivity contribution in [1.82, 2.24) is 4.98 Å². The number of amides is 1. The molecule has 156 valence electrons. The number of thiazole rings is 1. The van der Waals surface area contributed by atoms with Crippen LogP contribution in [0.15, 0.2) is 64.1 Å². The van der Waals surface area contributed by atoms with Gasteiger partial charge in [-0.3, -0.25) is 14.9 Å². The quantitative estimate of drug-likeness (QED) is 0.246. The summed E-state index contributed by atoms with van der Waals surface area (Å²) in [6.07, 6.45) is 1.35. The number of fused-ring (bicyclic) bond motifs is 1. The minimum atomic E-state index is -0.752. The van der Waals surface area contributed by atoms with Gasteiger partial charge in [0.2, 0.25) is 10.9 Å². The van der Waals surface area contributed by atoms with Crippen molar-refractivity contribution in [2.24, 2.45) is 5.10 Å². The van der Waals surface area contributed by atoms with Crippen LogP contribution in [-0.4, -0.2) is 29.1 Å². The molecule has 0 aliphatic carbocycles. The Morgan fingerprint density at radius 3 is 2.71 bits per heavy atom. The van der Waals surface area contributed by atoms with Crippen LogP contribution in [0.5, 0.6) is 5.75 Å². The van der Waals surface area contributed by atoms with E-state index in [2.05, 4.69) is 10.1 Å². The first kappa shape index (κ1) is 20.2. The van der Waals surface area contributed by atoms with Crippen LogP contribution in [0.25, 0.3) is 10.2 Å². The van der Waals surface area contributed by atoms with Gasteiger partial charge in [0, 0.05) is 0 Å². The molecule has 0 unspecified atom stereocenters. The third-order valence-corrected chi connectivity index (χ3v) is 5.13. The molecule has 0 saturated heterocycles. The van der Waals surface area contributed by atoms with Crippen LogP contribution in [0, 0.1) is 15.9 Å². The minimum absolute atomic E-state index is 0.214. The summed E-state index contributed by atoms with van der Waals surface area (Å²) < 4.78 is 24.1. The molecular weight excluding hydrogens is 427 g/mol. The van der Waals surface area contributed by atoms with E-state index in [0.29, 0.717) is 16.8 Å². The summed E-state index contributed by atoms with van der Waals surface area (Å²) in [5.41, 5.74) is 1.15. The molecule has 4 rings (SSSR count). The standard InChI is InChI=1S/C20H13FN4O5S/c1-29-14-6-7-15-17(10-14)31-20(23-15)24(22-11-12-2-4-13(21)5-3-12)19(26)16-8-9-18(30-16)25(27)28/h2-11H,1H3/b22-11+. The van der Waals surface area contributed by atoms with Gasteiger partial charge in [0.25, 0.3) is 0 Å². The molecule has 9 nitrogen and oxygen atoms in total. The molecule has 0 aliphatic rings. The van der Waals surface area contributed by atoms with Crippen LogP contribution >= 0.6 is 11.3 Å². The van der Waals surface area contributed by atoms with Crippen molar-refractivity contribution >= 4 is 44.7 Å². The highest BCUT2D eigenvalue weighted by atomic mass is 32.1. The van der Waals surface area contributed by atoms with Crippen molar-refractivity contribution in [2.45, 2.75) is 0 Å². The third-order valence-electron chi connectivity index (χ3n) is 4.13. The Balaban J connectivity index is 1.75. The van der Waals surface area contributed by atoms with Crippen molar-refractivity contribution in [3.8, 4) is 5.75 Å². The molecule has 2 aromatic heterocycles. The number of carbonyl (C=O) groups excluding carboxylic acids is 1. The number of anilines is 1. The van der Waals surface area contributed by atoms with Gasteiger partial charge in [0.05, 0.1) is 29.6 Å². The first-order valence-corrected chi connectivity index (χ1v) is 9.59. The van der Waals surface area contributed by atoms with E-state index in [9.17, 15) is 19.3 Å². The monoisotopic (exact) mass is 440 g/mol. The zero-order valence-corrected chi connectivity index (χ0v) is 16.7. The molecular formula is C20H13FN4O5S. The fourth-order valence-corrected chi connectivity index (χ4v) is 3.57. The van der Waals surface area contributed by atoms with Crippen molar-refractivity contribution < 1.29 is 23.3 Å². The van der Waals surface area contributed by atoms with Gasteiger partial charge >= 0.3 is 11.8 Å². The van der Waals surface area contributed by atoms with Gasteiger partial charge in [0.1, 0.15) is 16.5 Å². The van der Waals surface area contributed by atoms with E-state index < -0.39 is 22.5 Å². The lowest BCUT2D eigenvalue weighted by molar-refractivity contribution is -0.402. The molecule has 11 heteroatoms. The van der Waals surface area contributed by atoms with Gasteiger partial charge in [-0.2, -0.15) is 10.1 Å². The summed E-state index contributed by atoms with van der Waals surface area (Å²) >= 11 is 1.17. The highest BCUT2D eigenvalue weighted by Gasteiger charge is 2.26. The number of halogens is 1. The van der Waals surface area contributed by atoms with Crippen molar-refractivity contribution in [1.29, 1.82) is 0 Å². The van der Waals surface area contributed by atoms with Crippen LogP contribution < -0.4 is 9.75 Å². The summed E-state index contributed by atoms with van der Waals surface area (Å²) in [5, 5.41) is 16.3. The Morgan fingerprint density at radius 2 is 2.03 bits per heavy atom. The number of hydrazone groups is 1. The fraction of sp³-hybridized carbons (Fsp3) is 0.0500. The van der Waals surface area contributed by atoms with Crippen LogP contribution in [0.3, 0.4) is 0 Å². The number of furan rings is 1. The first-order chi connectivity index (χ1) is 14.9. The van der Waals surface area contributed by atoms with Crippen LogP contribution in [0.2, 0.25) is 0 Å². The Bertz CT molecular complexity index is 1300. The molecule has 0 radical (unpaired) electrons. The van der Waals surface area contributed by atoms with Crippen molar-refractivity contribution in [3.05, 3.63) is 81.9 Å². The van der Waals surface area contributed by atoms with Gasteiger partial charge in [-0.05, 0) is 42.0 Å². The van der Waals surface area contributed by atoms with E-state index in [-0.39, 0.29) is 10.9 Å². The lowest BCUT2D eigenvalue weighted by atomic mass is 10.2. The molecule has 0 aliphatic heterocycles. The molecule has 0 spiro atoms. The highest BCUT2D eigenvalue weighted by molar-refractivity contribution is 7.22. The largest absolute Gasteiger partial charge is 0.497 e. The SMILES string of the molecule is COc1ccc2nc(N(/N=C/c3ccc(F)cc3)C(=O)c3ccc([N+](=O)[O-])o3)sc2c1. The number of carbonyl (C=O) groups is 1. The predicted octanol–water partition coefficient (Wildman–Crippen LogP) is 4.63. The Morgan fingerprint density at radius 1 is 1.26 bits per heavy atom. The van der Waals surface area contributed by atoms with Crippen LogP contribution in [0.4, 0.5) is 15.4 Å². The van der Waals surface area contributed by atoms with Gasteiger partial charge in [0.15, 0.2) is 0 Å². The number of methoxy groups -OCH3 is 1. The molecule has 0 fully saturated rings. The second kappa shape index (κ2) is 8.32.